The second-order valence-corrected chi connectivity index (χ2v) is 7.22. The van der Waals surface area contributed by atoms with Crippen LogP contribution in [0.1, 0.15) is 39.5 Å². The van der Waals surface area contributed by atoms with Gasteiger partial charge in [0, 0.05) is 5.41 Å². The maximum absolute atomic E-state index is 4.75. The third-order valence-electron chi connectivity index (χ3n) is 4.78. The van der Waals surface area contributed by atoms with Gasteiger partial charge < -0.3 is 0 Å². The fraction of sp³-hybridized carbons (Fsp3) is 0.400. The molecule has 0 amide bonds. The lowest BCUT2D eigenvalue weighted by atomic mass is 9.73. The second-order valence-electron chi connectivity index (χ2n) is 6.68. The zero-order valence-electron chi connectivity index (χ0n) is 13.0. The van der Waals surface area contributed by atoms with Crippen LogP contribution in [0.2, 0.25) is 0 Å². The number of allylic oxidation sites excluding steroid dienone is 12. The van der Waals surface area contributed by atoms with Gasteiger partial charge in [-0.3, -0.25) is 0 Å². The van der Waals surface area contributed by atoms with E-state index in [2.05, 4.69) is 62.5 Å². The largest absolute Gasteiger partial charge is 0.147 e. The summed E-state index contributed by atoms with van der Waals surface area (Å²) in [6, 6.07) is 0. The van der Waals surface area contributed by atoms with Gasteiger partial charge in [-0.2, -0.15) is 0 Å². The van der Waals surface area contributed by atoms with E-state index in [9.17, 15) is 0 Å². The fourth-order valence-corrected chi connectivity index (χ4v) is 3.89. The van der Waals surface area contributed by atoms with Crippen LogP contribution < -0.4 is 0 Å². The molecule has 2 atom stereocenters. The Morgan fingerprint density at radius 2 is 2.14 bits per heavy atom. The minimum Gasteiger partial charge on any atom is -0.147 e. The van der Waals surface area contributed by atoms with E-state index in [0.29, 0.717) is 5.92 Å². The molecule has 0 aromatic heterocycles. The molecule has 21 heavy (non-hydrogen) atoms. The minimum atomic E-state index is 0.156. The summed E-state index contributed by atoms with van der Waals surface area (Å²) >= 11 is 4.75. The van der Waals surface area contributed by atoms with Crippen molar-refractivity contribution in [2.75, 3.05) is 0 Å². The molecule has 0 saturated carbocycles. The molecule has 0 bridgehead atoms. The smallest absolute Gasteiger partial charge is 0.0138 e. The summed E-state index contributed by atoms with van der Waals surface area (Å²) in [7, 11) is 0. The molecule has 0 aromatic carbocycles. The molecule has 2 unspecified atom stereocenters. The highest BCUT2D eigenvalue weighted by Crippen LogP contribution is 2.41. The van der Waals surface area contributed by atoms with Crippen LogP contribution in [-0.4, -0.2) is 0 Å². The maximum atomic E-state index is 4.75. The molecule has 0 N–H and O–H groups in total. The van der Waals surface area contributed by atoms with Crippen molar-refractivity contribution in [3.8, 4) is 0 Å². The van der Waals surface area contributed by atoms with Crippen molar-refractivity contribution < 1.29 is 0 Å². The zero-order chi connectivity index (χ0) is 14.9. The molecule has 0 aliphatic heterocycles. The van der Waals surface area contributed by atoms with Crippen LogP contribution in [0.4, 0.5) is 0 Å². The Hall–Kier alpha value is -1.21. The molecule has 1 heteroatoms. The van der Waals surface area contributed by atoms with Crippen molar-refractivity contribution in [3.05, 3.63) is 70.2 Å². The van der Waals surface area contributed by atoms with Crippen molar-refractivity contribution >= 4 is 12.6 Å². The predicted octanol–water partition coefficient (Wildman–Crippen LogP) is 5.94. The molecule has 0 nitrogen and oxygen atoms in total. The Bertz CT molecular complexity index is 610. The predicted molar refractivity (Wildman–Crippen MR) is 95.3 cm³/mol. The van der Waals surface area contributed by atoms with E-state index in [1.54, 1.807) is 0 Å². The molecule has 0 aromatic rings. The minimum absolute atomic E-state index is 0.156. The first-order valence-electron chi connectivity index (χ1n) is 7.95. The van der Waals surface area contributed by atoms with Crippen molar-refractivity contribution in [2.24, 2.45) is 11.3 Å². The molecule has 0 heterocycles. The average molecular weight is 296 g/mol. The molecule has 3 aliphatic carbocycles. The summed E-state index contributed by atoms with van der Waals surface area (Å²) < 4.78 is 0. The van der Waals surface area contributed by atoms with Gasteiger partial charge >= 0.3 is 0 Å². The van der Waals surface area contributed by atoms with E-state index in [-0.39, 0.29) is 5.41 Å². The Morgan fingerprint density at radius 1 is 1.29 bits per heavy atom. The van der Waals surface area contributed by atoms with E-state index in [1.807, 2.05) is 0 Å². The van der Waals surface area contributed by atoms with Crippen molar-refractivity contribution in [1.29, 1.82) is 0 Å². The van der Waals surface area contributed by atoms with Crippen LogP contribution in [-0.2, 0) is 0 Å². The topological polar surface area (TPSA) is 0 Å². The Kier molecular flexibility index (Phi) is 4.12. The summed E-state index contributed by atoms with van der Waals surface area (Å²) in [6.07, 6.45) is 22.8. The van der Waals surface area contributed by atoms with Crippen molar-refractivity contribution in [1.82, 2.24) is 0 Å². The van der Waals surface area contributed by atoms with Crippen LogP contribution in [0.25, 0.3) is 0 Å². The van der Waals surface area contributed by atoms with Crippen LogP contribution >= 0.6 is 12.6 Å². The number of hydrogen-bond acceptors (Lipinski definition) is 1. The van der Waals surface area contributed by atoms with Crippen LogP contribution in [0.15, 0.2) is 70.2 Å². The van der Waals surface area contributed by atoms with Gasteiger partial charge in [0.05, 0.1) is 0 Å². The van der Waals surface area contributed by atoms with E-state index in [1.165, 1.54) is 21.6 Å². The third-order valence-corrected chi connectivity index (χ3v) is 5.21. The van der Waals surface area contributed by atoms with E-state index >= 15 is 0 Å². The number of thiol groups is 1. The summed E-state index contributed by atoms with van der Waals surface area (Å²) in [4.78, 5) is 1.25. The molecule has 110 valence electrons. The molecular formula is C20H24S. The quantitative estimate of drug-likeness (QED) is 0.599. The molecular weight excluding hydrogens is 272 g/mol. The van der Waals surface area contributed by atoms with E-state index in [0.717, 1.165) is 25.7 Å². The SMILES string of the molecule is CC1C=CC(C2=CC(C3(C)C=CC=CC3)=CCC2)=C(S)C1. The summed E-state index contributed by atoms with van der Waals surface area (Å²) in [5, 5.41) is 0. The van der Waals surface area contributed by atoms with Gasteiger partial charge in [-0.1, -0.05) is 62.5 Å². The average Bonchev–Trinajstić information content (AvgIpc) is 2.48. The highest BCUT2D eigenvalue weighted by atomic mass is 32.1. The zero-order valence-corrected chi connectivity index (χ0v) is 13.9. The molecule has 0 spiro atoms. The van der Waals surface area contributed by atoms with Gasteiger partial charge in [0.2, 0.25) is 0 Å². The highest BCUT2D eigenvalue weighted by Gasteiger charge is 2.27. The first-order chi connectivity index (χ1) is 10.1. The van der Waals surface area contributed by atoms with Gasteiger partial charge in [-0.25, -0.2) is 0 Å². The third kappa shape index (κ3) is 3.03. The first kappa shape index (κ1) is 14.7. The second kappa shape index (κ2) is 5.88. The summed E-state index contributed by atoms with van der Waals surface area (Å²) in [5.74, 6) is 0.615. The standard InChI is InChI=1S/C20H24S/c1-15-9-10-18(19(21)13-15)16-7-6-8-17(14-16)20(2)11-4-3-5-12-20/h3-5,8-11,14-15,21H,6-7,12-13H2,1-2H3. The van der Waals surface area contributed by atoms with E-state index < -0.39 is 0 Å². The van der Waals surface area contributed by atoms with Gasteiger partial charge in [-0.05, 0) is 53.2 Å². The number of hydrogen-bond donors (Lipinski definition) is 1. The van der Waals surface area contributed by atoms with Crippen molar-refractivity contribution in [3.63, 3.8) is 0 Å². The Labute approximate surface area is 134 Å². The molecule has 0 fully saturated rings. The first-order valence-corrected chi connectivity index (χ1v) is 8.39. The summed E-state index contributed by atoms with van der Waals surface area (Å²) in [6.45, 7) is 4.59. The van der Waals surface area contributed by atoms with Crippen LogP contribution in [0.3, 0.4) is 0 Å². The summed E-state index contributed by atoms with van der Waals surface area (Å²) in [5.41, 5.74) is 4.44. The maximum Gasteiger partial charge on any atom is 0.0138 e. The lowest BCUT2D eigenvalue weighted by molar-refractivity contribution is 0.524. The molecule has 0 radical (unpaired) electrons. The Morgan fingerprint density at radius 3 is 2.86 bits per heavy atom. The molecule has 3 rings (SSSR count). The fourth-order valence-electron chi connectivity index (χ4n) is 3.39. The monoisotopic (exact) mass is 296 g/mol. The van der Waals surface area contributed by atoms with Gasteiger partial charge in [0.15, 0.2) is 0 Å². The van der Waals surface area contributed by atoms with Gasteiger partial charge in [-0.15, -0.1) is 12.6 Å². The highest BCUT2D eigenvalue weighted by molar-refractivity contribution is 7.84. The van der Waals surface area contributed by atoms with Crippen LogP contribution in [0, 0.1) is 11.3 Å². The van der Waals surface area contributed by atoms with Crippen LogP contribution in [0.5, 0.6) is 0 Å². The Balaban J connectivity index is 1.90. The molecule has 0 saturated heterocycles. The lowest BCUT2D eigenvalue weighted by Gasteiger charge is -2.31. The number of rotatable bonds is 2. The molecule has 3 aliphatic rings. The van der Waals surface area contributed by atoms with Gasteiger partial charge in [0.1, 0.15) is 0 Å². The lowest BCUT2D eigenvalue weighted by Crippen LogP contribution is -2.18. The van der Waals surface area contributed by atoms with Crippen molar-refractivity contribution in [2.45, 2.75) is 39.5 Å². The van der Waals surface area contributed by atoms with E-state index in [4.69, 9.17) is 12.6 Å². The normalized spacial score (nSPS) is 32.2. The van der Waals surface area contributed by atoms with Gasteiger partial charge in [0.25, 0.3) is 0 Å².